The molecule has 1 heterocycles. The summed E-state index contributed by atoms with van der Waals surface area (Å²) in [6.07, 6.45) is 0. The van der Waals surface area contributed by atoms with Gasteiger partial charge in [-0.15, -0.1) is 0 Å². The van der Waals surface area contributed by atoms with E-state index in [-0.39, 0.29) is 0 Å². The zero-order valence-corrected chi connectivity index (χ0v) is 8.46. The van der Waals surface area contributed by atoms with Crippen LogP contribution < -0.4 is 0 Å². The van der Waals surface area contributed by atoms with Crippen molar-refractivity contribution >= 4 is 11.3 Å². The number of hydrogen-bond acceptors (Lipinski definition) is 0. The standard InChI is InChI=1S/C10H15S/c1-8-5-6-11-7-9(8)10(2,3)4/h5-7H,1-4H3/q+1. The lowest BCUT2D eigenvalue weighted by atomic mass is 9.86. The predicted octanol–water partition coefficient (Wildman–Crippen LogP) is 3.64. The monoisotopic (exact) mass is 167 g/mol. The molecule has 0 radical (unpaired) electrons. The van der Waals surface area contributed by atoms with Gasteiger partial charge in [-0.1, -0.05) is 20.8 Å². The number of aryl methyl sites for hydroxylation is 1. The molecular weight excluding hydrogens is 152 g/mol. The summed E-state index contributed by atoms with van der Waals surface area (Å²) in [5, 5.41) is 4.37. The summed E-state index contributed by atoms with van der Waals surface area (Å²) in [7, 11) is 0. The molecule has 1 heteroatoms. The lowest BCUT2D eigenvalue weighted by Crippen LogP contribution is -2.12. The first-order chi connectivity index (χ1) is 5.02. The Kier molecular flexibility index (Phi) is 2.28. The minimum Gasteiger partial charge on any atom is -0.0559 e. The molecule has 11 heavy (non-hydrogen) atoms. The van der Waals surface area contributed by atoms with Crippen LogP contribution >= 0.6 is 11.3 Å². The Morgan fingerprint density at radius 1 is 1.27 bits per heavy atom. The van der Waals surface area contributed by atoms with Crippen molar-refractivity contribution in [1.82, 2.24) is 0 Å². The van der Waals surface area contributed by atoms with E-state index in [2.05, 4.69) is 44.5 Å². The van der Waals surface area contributed by atoms with Crippen LogP contribution in [-0.2, 0) is 5.41 Å². The molecule has 0 nitrogen and oxygen atoms in total. The highest BCUT2D eigenvalue weighted by Crippen LogP contribution is 2.26. The smallest absolute Gasteiger partial charge is 0.0559 e. The predicted molar refractivity (Wildman–Crippen MR) is 52.2 cm³/mol. The Balaban J connectivity index is 3.14. The molecule has 0 aliphatic carbocycles. The van der Waals surface area contributed by atoms with Gasteiger partial charge in [0.25, 0.3) is 0 Å². The van der Waals surface area contributed by atoms with E-state index < -0.39 is 0 Å². The molecule has 0 aromatic carbocycles. The van der Waals surface area contributed by atoms with Crippen molar-refractivity contribution < 1.29 is 0 Å². The normalized spacial score (nSPS) is 11.6. The van der Waals surface area contributed by atoms with Crippen LogP contribution in [0.2, 0.25) is 0 Å². The van der Waals surface area contributed by atoms with Crippen LogP contribution in [0.25, 0.3) is 0 Å². The zero-order chi connectivity index (χ0) is 8.48. The highest BCUT2D eigenvalue weighted by atomic mass is 32.1. The molecule has 0 aliphatic rings. The topological polar surface area (TPSA) is 0 Å². The van der Waals surface area contributed by atoms with Crippen LogP contribution in [-0.4, -0.2) is 0 Å². The van der Waals surface area contributed by atoms with Gasteiger partial charge in [-0.05, 0) is 24.0 Å². The van der Waals surface area contributed by atoms with Crippen molar-refractivity contribution in [2.24, 2.45) is 0 Å². The third kappa shape index (κ3) is 2.00. The molecule has 0 spiro atoms. The first-order valence-corrected chi connectivity index (χ1v) is 4.82. The number of rotatable bonds is 0. The average molecular weight is 167 g/mol. The molecule has 0 aliphatic heterocycles. The van der Waals surface area contributed by atoms with E-state index in [0.717, 1.165) is 0 Å². The largest absolute Gasteiger partial charge is 0.211 e. The maximum Gasteiger partial charge on any atom is 0.211 e. The Labute approximate surface area is 72.9 Å². The summed E-state index contributed by atoms with van der Waals surface area (Å²) < 4.78 is 0. The van der Waals surface area contributed by atoms with E-state index in [4.69, 9.17) is 0 Å². The van der Waals surface area contributed by atoms with E-state index in [9.17, 15) is 0 Å². The van der Waals surface area contributed by atoms with E-state index in [1.54, 1.807) is 11.3 Å². The molecule has 0 unspecified atom stereocenters. The summed E-state index contributed by atoms with van der Waals surface area (Å²) in [4.78, 5) is 0. The van der Waals surface area contributed by atoms with Gasteiger partial charge in [0.05, 0.1) is 0 Å². The van der Waals surface area contributed by atoms with Crippen LogP contribution in [0.3, 0.4) is 0 Å². The summed E-state index contributed by atoms with van der Waals surface area (Å²) in [6, 6.07) is 2.19. The van der Waals surface area contributed by atoms with Crippen molar-refractivity contribution in [2.45, 2.75) is 33.1 Å². The summed E-state index contributed by atoms with van der Waals surface area (Å²) >= 11 is 1.77. The van der Waals surface area contributed by atoms with Crippen LogP contribution in [0.15, 0.2) is 16.8 Å². The Hall–Kier alpha value is -0.430. The Morgan fingerprint density at radius 2 is 1.91 bits per heavy atom. The first-order valence-electron chi connectivity index (χ1n) is 3.88. The molecular formula is C10H15S+. The second kappa shape index (κ2) is 2.90. The van der Waals surface area contributed by atoms with Crippen molar-refractivity contribution in [3.63, 3.8) is 0 Å². The van der Waals surface area contributed by atoms with Crippen molar-refractivity contribution in [1.29, 1.82) is 0 Å². The van der Waals surface area contributed by atoms with Gasteiger partial charge in [0.15, 0.2) is 10.8 Å². The van der Waals surface area contributed by atoms with Crippen LogP contribution in [0.4, 0.5) is 0 Å². The molecule has 0 atom stereocenters. The highest BCUT2D eigenvalue weighted by molar-refractivity contribution is 7.07. The van der Waals surface area contributed by atoms with Gasteiger partial charge in [-0.25, -0.2) is 0 Å². The van der Waals surface area contributed by atoms with Gasteiger partial charge < -0.3 is 0 Å². The fourth-order valence-electron chi connectivity index (χ4n) is 1.20. The van der Waals surface area contributed by atoms with Crippen LogP contribution in [0.5, 0.6) is 0 Å². The second-order valence-electron chi connectivity index (χ2n) is 3.90. The molecule has 0 N–H and O–H groups in total. The lowest BCUT2D eigenvalue weighted by Gasteiger charge is -2.17. The molecule has 0 saturated carbocycles. The van der Waals surface area contributed by atoms with E-state index in [1.165, 1.54) is 11.1 Å². The molecule has 1 rings (SSSR count). The maximum atomic E-state index is 2.25. The van der Waals surface area contributed by atoms with Gasteiger partial charge in [0, 0.05) is 5.56 Å². The lowest BCUT2D eigenvalue weighted by molar-refractivity contribution is 0.588. The van der Waals surface area contributed by atoms with E-state index in [1.807, 2.05) is 0 Å². The average Bonchev–Trinajstić information content (AvgIpc) is 1.86. The third-order valence-corrected chi connectivity index (χ3v) is 2.48. The van der Waals surface area contributed by atoms with E-state index >= 15 is 0 Å². The molecule has 60 valence electrons. The summed E-state index contributed by atoms with van der Waals surface area (Å²) in [5.74, 6) is 0. The SMILES string of the molecule is Cc1cc[s+]cc1C(C)(C)C. The van der Waals surface area contributed by atoms with Crippen molar-refractivity contribution in [2.75, 3.05) is 0 Å². The Morgan fingerprint density at radius 3 is 2.27 bits per heavy atom. The maximum absolute atomic E-state index is 2.25. The third-order valence-electron chi connectivity index (χ3n) is 1.82. The molecule has 0 amide bonds. The Bertz CT molecular complexity index is 245. The van der Waals surface area contributed by atoms with Crippen molar-refractivity contribution in [3.8, 4) is 0 Å². The molecule has 1 aromatic rings. The molecule has 0 bridgehead atoms. The molecule has 0 fully saturated rings. The molecule has 1 aromatic heterocycles. The first kappa shape index (κ1) is 8.66. The number of hydrogen-bond donors (Lipinski definition) is 0. The quantitative estimate of drug-likeness (QED) is 0.517. The minimum absolute atomic E-state index is 0.293. The van der Waals surface area contributed by atoms with E-state index in [0.29, 0.717) is 5.41 Å². The second-order valence-corrected chi connectivity index (χ2v) is 4.68. The van der Waals surface area contributed by atoms with Gasteiger partial charge in [-0.3, -0.25) is 0 Å². The summed E-state index contributed by atoms with van der Waals surface area (Å²) in [6.45, 7) is 8.93. The summed E-state index contributed by atoms with van der Waals surface area (Å²) in [5.41, 5.74) is 3.16. The molecule has 0 saturated heterocycles. The fraction of sp³-hybridized carbons (Fsp3) is 0.500. The minimum atomic E-state index is 0.293. The van der Waals surface area contributed by atoms with Gasteiger partial charge in [-0.2, -0.15) is 0 Å². The highest BCUT2D eigenvalue weighted by Gasteiger charge is 2.18. The van der Waals surface area contributed by atoms with Gasteiger partial charge in [0.1, 0.15) is 0 Å². The van der Waals surface area contributed by atoms with Crippen LogP contribution in [0, 0.1) is 6.92 Å². The van der Waals surface area contributed by atoms with Gasteiger partial charge >= 0.3 is 0 Å². The van der Waals surface area contributed by atoms with Crippen molar-refractivity contribution in [3.05, 3.63) is 28.0 Å². The van der Waals surface area contributed by atoms with Gasteiger partial charge in [0.2, 0.25) is 11.3 Å². The zero-order valence-electron chi connectivity index (χ0n) is 7.64. The fourth-order valence-corrected chi connectivity index (χ4v) is 2.24. The van der Waals surface area contributed by atoms with Crippen LogP contribution in [0.1, 0.15) is 31.9 Å².